The van der Waals surface area contributed by atoms with Crippen molar-refractivity contribution in [3.63, 3.8) is 0 Å². The molecule has 0 heterocycles. The number of hydrogen-bond acceptors (Lipinski definition) is 4. The fourth-order valence-electron chi connectivity index (χ4n) is 2.43. The van der Waals surface area contributed by atoms with Crippen LogP contribution in [0, 0.1) is 0 Å². The Kier molecular flexibility index (Phi) is 6.46. The first-order chi connectivity index (χ1) is 12.3. The molecule has 7 heteroatoms. The van der Waals surface area contributed by atoms with Crippen molar-refractivity contribution in [2.45, 2.75) is 19.4 Å². The minimum absolute atomic E-state index is 0.141. The van der Waals surface area contributed by atoms with E-state index in [1.807, 2.05) is 25.1 Å². The molecule has 0 aromatic heterocycles. The number of aromatic hydroxyl groups is 1. The van der Waals surface area contributed by atoms with Crippen molar-refractivity contribution in [3.8, 4) is 5.75 Å². The molecule has 0 radical (unpaired) electrons. The van der Waals surface area contributed by atoms with Gasteiger partial charge in [-0.15, -0.1) is 0 Å². The third-order valence-corrected chi connectivity index (χ3v) is 4.11. The van der Waals surface area contributed by atoms with E-state index in [0.717, 1.165) is 11.3 Å². The first-order valence-corrected chi connectivity index (χ1v) is 8.47. The van der Waals surface area contributed by atoms with Gasteiger partial charge < -0.3 is 20.6 Å². The minimum Gasteiger partial charge on any atom is -0.508 e. The van der Waals surface area contributed by atoms with Crippen molar-refractivity contribution in [2.24, 2.45) is 0 Å². The molecule has 0 aliphatic heterocycles. The molecule has 0 bridgehead atoms. The van der Waals surface area contributed by atoms with Gasteiger partial charge in [0.2, 0.25) is 11.8 Å². The Labute approximate surface area is 157 Å². The van der Waals surface area contributed by atoms with Gasteiger partial charge in [-0.2, -0.15) is 0 Å². The second kappa shape index (κ2) is 8.58. The smallest absolute Gasteiger partial charge is 0.247 e. The van der Waals surface area contributed by atoms with E-state index in [1.165, 1.54) is 19.1 Å². The first-order valence-electron chi connectivity index (χ1n) is 8.09. The fourth-order valence-corrected chi connectivity index (χ4v) is 2.65. The topological polar surface area (TPSA) is 81.7 Å². The van der Waals surface area contributed by atoms with Crippen molar-refractivity contribution in [1.29, 1.82) is 0 Å². The largest absolute Gasteiger partial charge is 0.508 e. The Morgan fingerprint density at radius 3 is 2.35 bits per heavy atom. The predicted octanol–water partition coefficient (Wildman–Crippen LogP) is 2.80. The van der Waals surface area contributed by atoms with Crippen LogP contribution < -0.4 is 15.5 Å². The highest BCUT2D eigenvalue weighted by Crippen LogP contribution is 2.27. The number of carbonyl (C=O) groups excluding carboxylic acids is 2. The molecule has 0 fully saturated rings. The Balaban J connectivity index is 2.15. The molecule has 1 atom stereocenters. The highest BCUT2D eigenvalue weighted by Gasteiger charge is 2.21. The Hall–Kier alpha value is -2.73. The molecule has 3 N–H and O–H groups in total. The predicted molar refractivity (Wildman–Crippen MR) is 104 cm³/mol. The van der Waals surface area contributed by atoms with Crippen LogP contribution in [0.15, 0.2) is 42.5 Å². The Bertz CT molecular complexity index is 791. The maximum atomic E-state index is 12.6. The van der Waals surface area contributed by atoms with Gasteiger partial charge in [0.1, 0.15) is 11.8 Å². The van der Waals surface area contributed by atoms with E-state index in [-0.39, 0.29) is 17.6 Å². The third-order valence-electron chi connectivity index (χ3n) is 3.80. The van der Waals surface area contributed by atoms with Crippen LogP contribution in [0.3, 0.4) is 0 Å². The third kappa shape index (κ3) is 5.39. The number of phenolic OH excluding ortho intramolecular Hbond substituents is 1. The summed E-state index contributed by atoms with van der Waals surface area (Å²) < 4.78 is 0. The van der Waals surface area contributed by atoms with E-state index in [4.69, 9.17) is 11.6 Å². The van der Waals surface area contributed by atoms with Crippen LogP contribution >= 0.6 is 11.6 Å². The molecule has 2 amide bonds. The molecule has 26 heavy (non-hydrogen) atoms. The van der Waals surface area contributed by atoms with Crippen molar-refractivity contribution in [3.05, 3.63) is 53.1 Å². The summed E-state index contributed by atoms with van der Waals surface area (Å²) in [5.41, 5.74) is 2.20. The molecule has 0 aliphatic carbocycles. The zero-order chi connectivity index (χ0) is 19.3. The number of carbonyl (C=O) groups is 2. The Morgan fingerprint density at radius 2 is 1.81 bits per heavy atom. The van der Waals surface area contributed by atoms with Crippen LogP contribution in [-0.2, 0) is 16.0 Å². The van der Waals surface area contributed by atoms with Gasteiger partial charge in [0.25, 0.3) is 0 Å². The van der Waals surface area contributed by atoms with E-state index >= 15 is 0 Å². The summed E-state index contributed by atoms with van der Waals surface area (Å²) in [5.74, 6) is -0.534. The summed E-state index contributed by atoms with van der Waals surface area (Å²) in [7, 11) is 3.79. The zero-order valence-corrected chi connectivity index (χ0v) is 15.7. The number of anilines is 2. The lowest BCUT2D eigenvalue weighted by Crippen LogP contribution is -2.44. The normalized spacial score (nSPS) is 11.5. The lowest BCUT2D eigenvalue weighted by Gasteiger charge is -2.19. The van der Waals surface area contributed by atoms with Crippen LogP contribution in [-0.4, -0.2) is 37.1 Å². The highest BCUT2D eigenvalue weighted by atomic mass is 35.5. The molecular formula is C19H22ClN3O3. The quantitative estimate of drug-likeness (QED) is 0.725. The van der Waals surface area contributed by atoms with Gasteiger partial charge in [-0.05, 0) is 35.9 Å². The average Bonchev–Trinajstić information content (AvgIpc) is 2.57. The number of hydrogen-bond donors (Lipinski definition) is 3. The molecule has 0 unspecified atom stereocenters. The molecule has 2 aromatic rings. The van der Waals surface area contributed by atoms with Gasteiger partial charge in [-0.1, -0.05) is 23.7 Å². The van der Waals surface area contributed by atoms with E-state index < -0.39 is 6.04 Å². The average molecular weight is 376 g/mol. The van der Waals surface area contributed by atoms with Crippen LogP contribution in [0.5, 0.6) is 5.75 Å². The van der Waals surface area contributed by atoms with Crippen LogP contribution in [0.25, 0.3) is 0 Å². The molecule has 0 aliphatic rings. The number of benzene rings is 2. The lowest BCUT2D eigenvalue weighted by molar-refractivity contribution is -0.125. The van der Waals surface area contributed by atoms with Crippen LogP contribution in [0.4, 0.5) is 11.4 Å². The summed E-state index contributed by atoms with van der Waals surface area (Å²) in [6.45, 7) is 1.36. The van der Waals surface area contributed by atoms with Gasteiger partial charge in [0.05, 0.1) is 10.7 Å². The monoisotopic (exact) mass is 375 g/mol. The molecular weight excluding hydrogens is 354 g/mol. The van der Waals surface area contributed by atoms with Gasteiger partial charge in [-0.3, -0.25) is 9.59 Å². The van der Waals surface area contributed by atoms with E-state index in [2.05, 4.69) is 10.6 Å². The molecule has 0 spiro atoms. The van der Waals surface area contributed by atoms with Crippen LogP contribution in [0.2, 0.25) is 5.02 Å². The zero-order valence-electron chi connectivity index (χ0n) is 14.9. The maximum Gasteiger partial charge on any atom is 0.247 e. The maximum absolute atomic E-state index is 12.6. The number of halogens is 1. The second-order valence-electron chi connectivity index (χ2n) is 6.17. The summed E-state index contributed by atoms with van der Waals surface area (Å²) in [6.07, 6.45) is 0.291. The molecule has 0 saturated carbocycles. The van der Waals surface area contributed by atoms with Gasteiger partial charge in [-0.25, -0.2) is 0 Å². The molecule has 2 rings (SSSR count). The molecule has 2 aromatic carbocycles. The number of nitrogens with zero attached hydrogens (tertiary/aromatic N) is 1. The van der Waals surface area contributed by atoms with E-state index in [0.29, 0.717) is 17.1 Å². The van der Waals surface area contributed by atoms with Crippen molar-refractivity contribution < 1.29 is 14.7 Å². The SMILES string of the molecule is CC(=O)N[C@@H](Cc1ccc(O)cc1)C(=O)Nc1ccc(N(C)C)cc1Cl. The summed E-state index contributed by atoms with van der Waals surface area (Å²) >= 11 is 6.25. The number of rotatable bonds is 6. The van der Waals surface area contributed by atoms with Crippen LogP contribution in [0.1, 0.15) is 12.5 Å². The first kappa shape index (κ1) is 19.6. The lowest BCUT2D eigenvalue weighted by atomic mass is 10.0. The molecule has 6 nitrogen and oxygen atoms in total. The Morgan fingerprint density at radius 1 is 1.15 bits per heavy atom. The van der Waals surface area contributed by atoms with Gasteiger partial charge in [0, 0.05) is 33.1 Å². The van der Waals surface area contributed by atoms with Gasteiger partial charge >= 0.3 is 0 Å². The van der Waals surface area contributed by atoms with Crippen molar-refractivity contribution in [2.75, 3.05) is 24.3 Å². The van der Waals surface area contributed by atoms with E-state index in [1.54, 1.807) is 24.3 Å². The summed E-state index contributed by atoms with van der Waals surface area (Å²) in [4.78, 5) is 26.0. The summed E-state index contributed by atoms with van der Waals surface area (Å²) in [5, 5.41) is 15.2. The molecule has 138 valence electrons. The van der Waals surface area contributed by atoms with E-state index in [9.17, 15) is 14.7 Å². The highest BCUT2D eigenvalue weighted by molar-refractivity contribution is 6.34. The fraction of sp³-hybridized carbons (Fsp3) is 0.263. The number of phenols is 1. The van der Waals surface area contributed by atoms with Crippen molar-refractivity contribution >= 4 is 34.8 Å². The standard InChI is InChI=1S/C19H22ClN3O3/c1-12(24)21-18(10-13-4-7-15(25)8-5-13)19(26)22-17-9-6-14(23(2)3)11-16(17)20/h4-9,11,18,25H,10H2,1-3H3,(H,21,24)(H,22,26)/t18-/m0/s1. The second-order valence-corrected chi connectivity index (χ2v) is 6.58. The molecule has 0 saturated heterocycles. The number of amides is 2. The summed E-state index contributed by atoms with van der Waals surface area (Å²) in [6, 6.07) is 11.0. The minimum atomic E-state index is -0.762. The van der Waals surface area contributed by atoms with Crippen molar-refractivity contribution in [1.82, 2.24) is 5.32 Å². The number of nitrogens with one attached hydrogen (secondary N) is 2. The van der Waals surface area contributed by atoms with Gasteiger partial charge in [0.15, 0.2) is 0 Å².